The Kier molecular flexibility index (Phi) is 4.65. The van der Waals surface area contributed by atoms with Crippen LogP contribution in [-0.2, 0) is 0 Å². The van der Waals surface area contributed by atoms with Crippen LogP contribution in [0, 0.1) is 13.8 Å². The SMILES string of the molecule is CCNC1CCCCC1Oc1cc(C)cc(C)c1. The molecular formula is C16H25NO. The average molecular weight is 247 g/mol. The number of benzene rings is 1. The monoisotopic (exact) mass is 247 g/mol. The van der Waals surface area contributed by atoms with E-state index in [2.05, 4.69) is 44.3 Å². The van der Waals surface area contributed by atoms with Gasteiger partial charge in [0.2, 0.25) is 0 Å². The van der Waals surface area contributed by atoms with E-state index in [1.807, 2.05) is 0 Å². The van der Waals surface area contributed by atoms with Crippen molar-refractivity contribution in [1.82, 2.24) is 5.32 Å². The van der Waals surface area contributed by atoms with Crippen molar-refractivity contribution in [3.63, 3.8) is 0 Å². The molecule has 0 aromatic heterocycles. The third kappa shape index (κ3) is 3.49. The van der Waals surface area contributed by atoms with E-state index in [9.17, 15) is 0 Å². The molecule has 1 saturated carbocycles. The zero-order valence-corrected chi connectivity index (χ0v) is 11.8. The Bertz CT molecular complexity index is 366. The predicted octanol–water partition coefficient (Wildman–Crippen LogP) is 3.60. The van der Waals surface area contributed by atoms with Crippen LogP contribution in [0.15, 0.2) is 18.2 Å². The highest BCUT2D eigenvalue weighted by Crippen LogP contribution is 2.25. The van der Waals surface area contributed by atoms with E-state index in [0.717, 1.165) is 12.3 Å². The maximum absolute atomic E-state index is 6.22. The number of likely N-dealkylation sites (N-methyl/N-ethyl adjacent to an activating group) is 1. The Morgan fingerprint density at radius 3 is 2.44 bits per heavy atom. The molecule has 2 atom stereocenters. The first-order chi connectivity index (χ1) is 8.69. The summed E-state index contributed by atoms with van der Waals surface area (Å²) in [7, 11) is 0. The molecule has 2 heteroatoms. The maximum atomic E-state index is 6.22. The summed E-state index contributed by atoms with van der Waals surface area (Å²) < 4.78 is 6.22. The van der Waals surface area contributed by atoms with Gasteiger partial charge >= 0.3 is 0 Å². The number of aryl methyl sites for hydroxylation is 2. The summed E-state index contributed by atoms with van der Waals surface area (Å²) in [5.41, 5.74) is 2.56. The maximum Gasteiger partial charge on any atom is 0.120 e. The first kappa shape index (κ1) is 13.4. The van der Waals surface area contributed by atoms with Crippen molar-refractivity contribution < 1.29 is 4.74 Å². The van der Waals surface area contributed by atoms with Crippen LogP contribution < -0.4 is 10.1 Å². The molecule has 100 valence electrons. The highest BCUT2D eigenvalue weighted by Gasteiger charge is 2.25. The van der Waals surface area contributed by atoms with Crippen molar-refractivity contribution in [2.45, 2.75) is 58.6 Å². The summed E-state index contributed by atoms with van der Waals surface area (Å²) in [5, 5.41) is 3.56. The average Bonchev–Trinajstić information content (AvgIpc) is 2.30. The Morgan fingerprint density at radius 1 is 1.11 bits per heavy atom. The molecule has 0 spiro atoms. The molecule has 1 N–H and O–H groups in total. The number of hydrogen-bond acceptors (Lipinski definition) is 2. The summed E-state index contributed by atoms with van der Waals surface area (Å²) in [6, 6.07) is 7.00. The molecule has 1 aliphatic carbocycles. The van der Waals surface area contributed by atoms with Crippen LogP contribution in [-0.4, -0.2) is 18.7 Å². The van der Waals surface area contributed by atoms with Gasteiger partial charge in [-0.1, -0.05) is 19.4 Å². The zero-order chi connectivity index (χ0) is 13.0. The number of hydrogen-bond donors (Lipinski definition) is 1. The van der Waals surface area contributed by atoms with Crippen molar-refractivity contribution in [2.24, 2.45) is 0 Å². The lowest BCUT2D eigenvalue weighted by atomic mass is 9.92. The van der Waals surface area contributed by atoms with E-state index in [4.69, 9.17) is 4.74 Å². The highest BCUT2D eigenvalue weighted by molar-refractivity contribution is 5.33. The number of ether oxygens (including phenoxy) is 1. The summed E-state index contributed by atoms with van der Waals surface area (Å²) >= 11 is 0. The lowest BCUT2D eigenvalue weighted by molar-refractivity contribution is 0.115. The molecule has 1 fully saturated rings. The van der Waals surface area contributed by atoms with Crippen LogP contribution in [0.3, 0.4) is 0 Å². The van der Waals surface area contributed by atoms with Gasteiger partial charge in [-0.05, 0) is 62.9 Å². The van der Waals surface area contributed by atoms with Gasteiger partial charge in [-0.3, -0.25) is 0 Å². The van der Waals surface area contributed by atoms with Crippen molar-refractivity contribution in [3.05, 3.63) is 29.3 Å². The van der Waals surface area contributed by atoms with Crippen LogP contribution >= 0.6 is 0 Å². The predicted molar refractivity (Wildman–Crippen MR) is 76.3 cm³/mol. The Morgan fingerprint density at radius 2 is 1.78 bits per heavy atom. The molecule has 2 unspecified atom stereocenters. The van der Waals surface area contributed by atoms with Crippen LogP contribution in [0.2, 0.25) is 0 Å². The first-order valence-corrected chi connectivity index (χ1v) is 7.17. The minimum atomic E-state index is 0.333. The fraction of sp³-hybridized carbons (Fsp3) is 0.625. The van der Waals surface area contributed by atoms with Gasteiger partial charge in [0.25, 0.3) is 0 Å². The zero-order valence-electron chi connectivity index (χ0n) is 11.8. The molecule has 0 radical (unpaired) electrons. The van der Waals surface area contributed by atoms with Gasteiger partial charge in [-0.15, -0.1) is 0 Å². The molecule has 1 aromatic rings. The van der Waals surface area contributed by atoms with E-state index in [-0.39, 0.29) is 0 Å². The second-order valence-electron chi connectivity index (χ2n) is 5.43. The molecule has 0 saturated heterocycles. The third-order valence-electron chi connectivity index (χ3n) is 3.65. The van der Waals surface area contributed by atoms with Gasteiger partial charge in [0, 0.05) is 6.04 Å². The lowest BCUT2D eigenvalue weighted by Crippen LogP contribution is -2.45. The Balaban J connectivity index is 2.05. The lowest BCUT2D eigenvalue weighted by Gasteiger charge is -2.32. The number of nitrogens with one attached hydrogen (secondary N) is 1. The van der Waals surface area contributed by atoms with E-state index in [1.54, 1.807) is 0 Å². The van der Waals surface area contributed by atoms with Gasteiger partial charge in [-0.25, -0.2) is 0 Å². The molecule has 1 aromatic carbocycles. The highest BCUT2D eigenvalue weighted by atomic mass is 16.5. The van der Waals surface area contributed by atoms with Gasteiger partial charge in [-0.2, -0.15) is 0 Å². The minimum absolute atomic E-state index is 0.333. The fourth-order valence-corrected chi connectivity index (χ4v) is 2.91. The molecule has 0 aliphatic heterocycles. The molecule has 2 rings (SSSR count). The van der Waals surface area contributed by atoms with Gasteiger partial charge in [0.15, 0.2) is 0 Å². The van der Waals surface area contributed by atoms with E-state index in [1.165, 1.54) is 36.8 Å². The quantitative estimate of drug-likeness (QED) is 0.877. The normalized spacial score (nSPS) is 23.9. The summed E-state index contributed by atoms with van der Waals surface area (Å²) in [5.74, 6) is 1.03. The van der Waals surface area contributed by atoms with Crippen LogP contribution in [0.5, 0.6) is 5.75 Å². The second-order valence-corrected chi connectivity index (χ2v) is 5.43. The Labute approximate surface area is 111 Å². The standard InChI is InChI=1S/C16H25NO/c1-4-17-15-7-5-6-8-16(15)18-14-10-12(2)9-13(3)11-14/h9-11,15-17H,4-8H2,1-3H3. The van der Waals surface area contributed by atoms with E-state index >= 15 is 0 Å². The molecule has 0 amide bonds. The largest absolute Gasteiger partial charge is 0.489 e. The van der Waals surface area contributed by atoms with Gasteiger partial charge < -0.3 is 10.1 Å². The van der Waals surface area contributed by atoms with Crippen molar-refractivity contribution in [1.29, 1.82) is 0 Å². The van der Waals surface area contributed by atoms with E-state index in [0.29, 0.717) is 12.1 Å². The molecule has 2 nitrogen and oxygen atoms in total. The molecule has 0 heterocycles. The molecular weight excluding hydrogens is 222 g/mol. The molecule has 1 aliphatic rings. The minimum Gasteiger partial charge on any atom is -0.489 e. The second kappa shape index (κ2) is 6.24. The topological polar surface area (TPSA) is 21.3 Å². The Hall–Kier alpha value is -1.02. The van der Waals surface area contributed by atoms with Crippen molar-refractivity contribution in [3.8, 4) is 5.75 Å². The van der Waals surface area contributed by atoms with Crippen molar-refractivity contribution in [2.75, 3.05) is 6.54 Å². The van der Waals surface area contributed by atoms with E-state index < -0.39 is 0 Å². The van der Waals surface area contributed by atoms with Crippen molar-refractivity contribution >= 4 is 0 Å². The van der Waals surface area contributed by atoms with Crippen LogP contribution in [0.1, 0.15) is 43.7 Å². The fourth-order valence-electron chi connectivity index (χ4n) is 2.91. The molecule has 18 heavy (non-hydrogen) atoms. The van der Waals surface area contributed by atoms with Gasteiger partial charge in [0.1, 0.15) is 11.9 Å². The summed E-state index contributed by atoms with van der Waals surface area (Å²) in [6.45, 7) is 7.45. The summed E-state index contributed by atoms with van der Waals surface area (Å²) in [6.07, 6.45) is 5.36. The third-order valence-corrected chi connectivity index (χ3v) is 3.65. The van der Waals surface area contributed by atoms with Crippen LogP contribution in [0.4, 0.5) is 0 Å². The first-order valence-electron chi connectivity index (χ1n) is 7.17. The van der Waals surface area contributed by atoms with Gasteiger partial charge in [0.05, 0.1) is 0 Å². The molecule has 0 bridgehead atoms. The number of rotatable bonds is 4. The van der Waals surface area contributed by atoms with Crippen LogP contribution in [0.25, 0.3) is 0 Å². The summed E-state index contributed by atoms with van der Waals surface area (Å²) in [4.78, 5) is 0. The smallest absolute Gasteiger partial charge is 0.120 e.